The van der Waals surface area contributed by atoms with Crippen LogP contribution in [-0.4, -0.2) is 45.9 Å². The Kier molecular flexibility index (Phi) is 6.13. The average Bonchev–Trinajstić information content (AvgIpc) is 3.23. The quantitative estimate of drug-likeness (QED) is 0.731. The third-order valence-corrected chi connectivity index (χ3v) is 4.77. The minimum atomic E-state index is 0.0393. The van der Waals surface area contributed by atoms with Gasteiger partial charge in [-0.05, 0) is 38.5 Å². The van der Waals surface area contributed by atoms with E-state index in [4.69, 9.17) is 19.9 Å². The lowest BCUT2D eigenvalue weighted by atomic mass is 10.0. The number of nitrogen functional groups attached to an aromatic ring is 1. The molecule has 0 spiro atoms. The van der Waals surface area contributed by atoms with Crippen LogP contribution in [0.1, 0.15) is 46.0 Å². The number of ether oxygens (including phenoxy) is 3. The van der Waals surface area contributed by atoms with Crippen LogP contribution in [0, 0.1) is 5.92 Å². The zero-order valence-corrected chi connectivity index (χ0v) is 15.9. The molecule has 0 bridgehead atoms. The molecule has 1 aliphatic heterocycles. The van der Waals surface area contributed by atoms with E-state index in [1.54, 1.807) is 7.11 Å². The summed E-state index contributed by atoms with van der Waals surface area (Å²) in [5, 5.41) is 0. The zero-order valence-electron chi connectivity index (χ0n) is 15.9. The van der Waals surface area contributed by atoms with Crippen molar-refractivity contribution < 1.29 is 14.2 Å². The Labute approximate surface area is 154 Å². The molecule has 1 fully saturated rings. The Morgan fingerprint density at radius 1 is 1.35 bits per heavy atom. The Hall–Kier alpha value is -2.09. The number of anilines is 1. The predicted molar refractivity (Wildman–Crippen MR) is 99.4 cm³/mol. The van der Waals surface area contributed by atoms with Crippen LogP contribution in [0.4, 0.5) is 5.82 Å². The summed E-state index contributed by atoms with van der Waals surface area (Å²) >= 11 is 0. The summed E-state index contributed by atoms with van der Waals surface area (Å²) < 4.78 is 18.7. The first-order chi connectivity index (χ1) is 12.6. The molecule has 2 atom stereocenters. The van der Waals surface area contributed by atoms with Crippen LogP contribution in [0.5, 0.6) is 12.0 Å². The first-order valence-electron chi connectivity index (χ1n) is 9.44. The van der Waals surface area contributed by atoms with Crippen LogP contribution in [0.25, 0.3) is 11.2 Å². The van der Waals surface area contributed by atoms with Gasteiger partial charge in [-0.3, -0.25) is 4.57 Å². The van der Waals surface area contributed by atoms with Gasteiger partial charge in [-0.15, -0.1) is 0 Å². The van der Waals surface area contributed by atoms with Gasteiger partial charge in [0.15, 0.2) is 17.0 Å². The standard InChI is InChI=1S/C18H29N5O3/c1-4-6-12(2)26-17-21-15(19)14-16(22-17)23(18(20-14)24-3)9-5-7-13-8-10-25-11-13/h12-13H,4-11H2,1-3H3,(H2,19,21,22)/t12-,13?/m0/s1. The van der Waals surface area contributed by atoms with E-state index < -0.39 is 0 Å². The highest BCUT2D eigenvalue weighted by molar-refractivity contribution is 5.83. The Balaban J connectivity index is 1.81. The van der Waals surface area contributed by atoms with Gasteiger partial charge in [-0.1, -0.05) is 13.3 Å². The lowest BCUT2D eigenvalue weighted by Crippen LogP contribution is -2.14. The summed E-state index contributed by atoms with van der Waals surface area (Å²) in [5.41, 5.74) is 7.31. The van der Waals surface area contributed by atoms with Crippen molar-refractivity contribution in [3.63, 3.8) is 0 Å². The SMILES string of the molecule is CCC[C@H](C)Oc1nc(N)c2nc(OC)n(CCCC3CCOC3)c2n1. The van der Waals surface area contributed by atoms with Crippen LogP contribution in [0.2, 0.25) is 0 Å². The van der Waals surface area contributed by atoms with Gasteiger partial charge in [0, 0.05) is 19.8 Å². The zero-order chi connectivity index (χ0) is 18.5. The number of aryl methyl sites for hydroxylation is 1. The largest absolute Gasteiger partial charge is 0.468 e. The molecular weight excluding hydrogens is 334 g/mol. The van der Waals surface area contributed by atoms with Crippen LogP contribution in [0.15, 0.2) is 0 Å². The molecule has 1 unspecified atom stereocenters. The van der Waals surface area contributed by atoms with E-state index in [1.807, 2.05) is 11.5 Å². The van der Waals surface area contributed by atoms with Gasteiger partial charge >= 0.3 is 6.01 Å². The third kappa shape index (κ3) is 4.17. The maximum Gasteiger partial charge on any atom is 0.320 e. The molecule has 0 amide bonds. The summed E-state index contributed by atoms with van der Waals surface area (Å²) in [6.45, 7) is 6.63. The summed E-state index contributed by atoms with van der Waals surface area (Å²) in [4.78, 5) is 13.3. The van der Waals surface area contributed by atoms with E-state index in [-0.39, 0.29) is 6.10 Å². The van der Waals surface area contributed by atoms with Gasteiger partial charge < -0.3 is 19.9 Å². The topological polar surface area (TPSA) is 97.3 Å². The van der Waals surface area contributed by atoms with Gasteiger partial charge in [0.1, 0.15) is 0 Å². The van der Waals surface area contributed by atoms with Gasteiger partial charge in [0.2, 0.25) is 0 Å². The molecule has 26 heavy (non-hydrogen) atoms. The van der Waals surface area contributed by atoms with Gasteiger partial charge in [-0.25, -0.2) is 0 Å². The highest BCUT2D eigenvalue weighted by Gasteiger charge is 2.20. The number of fused-ring (bicyclic) bond motifs is 1. The van der Waals surface area contributed by atoms with Crippen molar-refractivity contribution in [2.24, 2.45) is 5.92 Å². The van der Waals surface area contributed by atoms with Crippen LogP contribution in [-0.2, 0) is 11.3 Å². The van der Waals surface area contributed by atoms with Crippen molar-refractivity contribution in [1.82, 2.24) is 19.5 Å². The molecule has 0 aliphatic carbocycles. The molecular formula is C18H29N5O3. The monoisotopic (exact) mass is 363 g/mol. The van der Waals surface area contributed by atoms with E-state index in [0.717, 1.165) is 51.9 Å². The van der Waals surface area contributed by atoms with Crippen LogP contribution < -0.4 is 15.2 Å². The lowest BCUT2D eigenvalue weighted by Gasteiger charge is -2.13. The van der Waals surface area contributed by atoms with Crippen molar-refractivity contribution in [1.29, 1.82) is 0 Å². The fraction of sp³-hybridized carbons (Fsp3) is 0.722. The summed E-state index contributed by atoms with van der Waals surface area (Å²) in [6.07, 6.45) is 5.27. The normalized spacial score (nSPS) is 18.3. The molecule has 0 saturated carbocycles. The summed E-state index contributed by atoms with van der Waals surface area (Å²) in [6, 6.07) is 0.798. The second-order valence-corrected chi connectivity index (χ2v) is 6.90. The number of aromatic nitrogens is 4. The Morgan fingerprint density at radius 3 is 2.88 bits per heavy atom. The van der Waals surface area contributed by atoms with Gasteiger partial charge in [-0.2, -0.15) is 15.0 Å². The molecule has 0 radical (unpaired) electrons. The number of nitrogens with zero attached hydrogens (tertiary/aromatic N) is 4. The van der Waals surface area contributed by atoms with E-state index in [1.165, 1.54) is 0 Å². The molecule has 2 aromatic rings. The number of hydrogen-bond donors (Lipinski definition) is 1. The van der Waals surface area contributed by atoms with Gasteiger partial charge in [0.05, 0.1) is 13.2 Å². The minimum absolute atomic E-state index is 0.0393. The predicted octanol–water partition coefficient (Wildman–Crippen LogP) is 2.80. The molecule has 8 nitrogen and oxygen atoms in total. The maximum absolute atomic E-state index is 6.09. The van der Waals surface area contributed by atoms with E-state index >= 15 is 0 Å². The van der Waals surface area contributed by atoms with Crippen molar-refractivity contribution in [3.8, 4) is 12.0 Å². The van der Waals surface area contributed by atoms with Crippen molar-refractivity contribution in [2.75, 3.05) is 26.1 Å². The molecule has 8 heteroatoms. The number of imidazole rings is 1. The first-order valence-corrected chi connectivity index (χ1v) is 9.44. The molecule has 1 aliphatic rings. The van der Waals surface area contributed by atoms with Crippen molar-refractivity contribution >= 4 is 17.0 Å². The number of rotatable bonds is 9. The lowest BCUT2D eigenvalue weighted by molar-refractivity contribution is 0.183. The molecule has 3 heterocycles. The second kappa shape index (κ2) is 8.53. The van der Waals surface area contributed by atoms with Crippen molar-refractivity contribution in [2.45, 2.75) is 58.6 Å². The molecule has 0 aromatic carbocycles. The van der Waals surface area contributed by atoms with Crippen LogP contribution in [0.3, 0.4) is 0 Å². The highest BCUT2D eigenvalue weighted by Crippen LogP contribution is 2.27. The fourth-order valence-corrected chi connectivity index (χ4v) is 3.39. The third-order valence-electron chi connectivity index (χ3n) is 4.77. The minimum Gasteiger partial charge on any atom is -0.468 e. The molecule has 1 saturated heterocycles. The smallest absolute Gasteiger partial charge is 0.320 e. The maximum atomic E-state index is 6.09. The number of methoxy groups -OCH3 is 1. The summed E-state index contributed by atoms with van der Waals surface area (Å²) in [5.74, 6) is 0.958. The number of hydrogen-bond acceptors (Lipinski definition) is 7. The molecule has 3 rings (SSSR count). The average molecular weight is 363 g/mol. The molecule has 2 aromatic heterocycles. The Bertz CT molecular complexity index is 727. The van der Waals surface area contributed by atoms with Gasteiger partial charge in [0.25, 0.3) is 6.01 Å². The molecule has 2 N–H and O–H groups in total. The highest BCUT2D eigenvalue weighted by atomic mass is 16.5. The second-order valence-electron chi connectivity index (χ2n) is 6.90. The molecule has 144 valence electrons. The van der Waals surface area contributed by atoms with Crippen molar-refractivity contribution in [3.05, 3.63) is 0 Å². The van der Waals surface area contributed by atoms with Crippen LogP contribution >= 0.6 is 0 Å². The van der Waals surface area contributed by atoms with E-state index in [9.17, 15) is 0 Å². The number of nitrogens with two attached hydrogens (primary N) is 1. The fourth-order valence-electron chi connectivity index (χ4n) is 3.39. The Morgan fingerprint density at radius 2 is 2.19 bits per heavy atom. The first kappa shape index (κ1) is 18.7. The van der Waals surface area contributed by atoms with E-state index in [0.29, 0.717) is 34.9 Å². The summed E-state index contributed by atoms with van der Waals surface area (Å²) in [7, 11) is 1.60. The van der Waals surface area contributed by atoms with E-state index in [2.05, 4.69) is 21.9 Å².